The normalized spacial score (nSPS) is 39.2. The Morgan fingerprint density at radius 2 is 1.93 bits per heavy atom. The Bertz CT molecular complexity index is 190. The van der Waals surface area contributed by atoms with E-state index < -0.39 is 0 Å². The summed E-state index contributed by atoms with van der Waals surface area (Å²) >= 11 is 0. The molecule has 1 atom stereocenters. The molecule has 15 heavy (non-hydrogen) atoms. The lowest BCUT2D eigenvalue weighted by Gasteiger charge is -2.40. The molecule has 1 saturated heterocycles. The highest BCUT2D eigenvalue weighted by Crippen LogP contribution is 2.25. The van der Waals surface area contributed by atoms with Crippen LogP contribution in [0.4, 0.5) is 0 Å². The first-order valence-electron chi connectivity index (χ1n) is 6.30. The minimum atomic E-state index is 0.529. The number of piperazine rings is 1. The number of nitrogens with zero attached hydrogens (tertiary/aromatic N) is 1. The fraction of sp³-hybridized carbons (Fsp3) is 1.00. The van der Waals surface area contributed by atoms with Gasteiger partial charge in [0.2, 0.25) is 0 Å². The summed E-state index contributed by atoms with van der Waals surface area (Å²) in [6.45, 7) is 5.90. The van der Waals surface area contributed by atoms with Gasteiger partial charge in [0.1, 0.15) is 0 Å². The fourth-order valence-corrected chi connectivity index (χ4v) is 2.94. The zero-order valence-electron chi connectivity index (χ0n) is 10.0. The Labute approximate surface area is 93.2 Å². The Balaban J connectivity index is 1.79. The van der Waals surface area contributed by atoms with Crippen molar-refractivity contribution >= 4 is 0 Å². The molecule has 3 nitrogen and oxygen atoms in total. The summed E-state index contributed by atoms with van der Waals surface area (Å²) in [6, 6.07) is 1.49. The van der Waals surface area contributed by atoms with E-state index in [4.69, 9.17) is 4.74 Å². The third kappa shape index (κ3) is 2.92. The highest BCUT2D eigenvalue weighted by Gasteiger charge is 2.27. The first-order valence-corrected chi connectivity index (χ1v) is 6.30. The predicted octanol–water partition coefficient (Wildman–Crippen LogP) is 1.24. The maximum Gasteiger partial charge on any atom is 0.0572 e. The summed E-state index contributed by atoms with van der Waals surface area (Å²) in [5.74, 6) is 0. The van der Waals surface area contributed by atoms with Crippen LogP contribution in [0, 0.1) is 0 Å². The molecular weight excluding hydrogens is 188 g/mol. The molecule has 0 aromatic carbocycles. The molecule has 0 amide bonds. The average Bonchev–Trinajstić information content (AvgIpc) is 2.29. The zero-order chi connectivity index (χ0) is 10.7. The molecule has 0 aromatic heterocycles. The van der Waals surface area contributed by atoms with Crippen molar-refractivity contribution in [1.82, 2.24) is 10.2 Å². The van der Waals surface area contributed by atoms with Gasteiger partial charge in [-0.2, -0.15) is 0 Å². The predicted molar refractivity (Wildman–Crippen MR) is 62.1 cm³/mol. The molecule has 2 fully saturated rings. The van der Waals surface area contributed by atoms with Crippen LogP contribution in [0.15, 0.2) is 0 Å². The maximum atomic E-state index is 5.42. The number of methoxy groups -OCH3 is 1. The van der Waals surface area contributed by atoms with Gasteiger partial charge in [-0.1, -0.05) is 0 Å². The van der Waals surface area contributed by atoms with Crippen LogP contribution >= 0.6 is 0 Å². The van der Waals surface area contributed by atoms with Crippen LogP contribution < -0.4 is 5.32 Å². The van der Waals surface area contributed by atoms with Gasteiger partial charge in [-0.15, -0.1) is 0 Å². The van der Waals surface area contributed by atoms with E-state index in [1.165, 1.54) is 38.8 Å². The molecular formula is C12H24N2O. The lowest BCUT2D eigenvalue weighted by atomic mass is 9.91. The molecule has 1 saturated carbocycles. The van der Waals surface area contributed by atoms with Crippen LogP contribution in [0.2, 0.25) is 0 Å². The van der Waals surface area contributed by atoms with Crippen molar-refractivity contribution in [3.05, 3.63) is 0 Å². The SMILES string of the molecule is COC1CCC(N2CCNC(C)C2)CC1. The molecule has 0 bridgehead atoms. The van der Waals surface area contributed by atoms with E-state index in [0.29, 0.717) is 12.1 Å². The number of hydrogen-bond acceptors (Lipinski definition) is 3. The summed E-state index contributed by atoms with van der Waals surface area (Å²) < 4.78 is 5.42. The van der Waals surface area contributed by atoms with Crippen LogP contribution in [0.1, 0.15) is 32.6 Å². The van der Waals surface area contributed by atoms with Crippen LogP contribution in [-0.2, 0) is 4.74 Å². The molecule has 1 aliphatic heterocycles. The highest BCUT2D eigenvalue weighted by atomic mass is 16.5. The molecule has 0 aromatic rings. The van der Waals surface area contributed by atoms with E-state index in [2.05, 4.69) is 17.1 Å². The van der Waals surface area contributed by atoms with Crippen molar-refractivity contribution in [3.8, 4) is 0 Å². The van der Waals surface area contributed by atoms with Crippen molar-refractivity contribution in [1.29, 1.82) is 0 Å². The largest absolute Gasteiger partial charge is 0.381 e. The van der Waals surface area contributed by atoms with Crippen molar-refractivity contribution < 1.29 is 4.74 Å². The van der Waals surface area contributed by atoms with Gasteiger partial charge >= 0.3 is 0 Å². The number of rotatable bonds is 2. The van der Waals surface area contributed by atoms with Crippen molar-refractivity contribution in [2.75, 3.05) is 26.7 Å². The van der Waals surface area contributed by atoms with Crippen LogP contribution in [0.3, 0.4) is 0 Å². The molecule has 0 radical (unpaired) electrons. The summed E-state index contributed by atoms with van der Waals surface area (Å²) in [7, 11) is 1.85. The van der Waals surface area contributed by atoms with Gasteiger partial charge in [-0.25, -0.2) is 0 Å². The summed E-state index contributed by atoms with van der Waals surface area (Å²) in [4.78, 5) is 2.67. The van der Waals surface area contributed by atoms with E-state index in [-0.39, 0.29) is 0 Å². The van der Waals surface area contributed by atoms with E-state index in [0.717, 1.165) is 12.6 Å². The summed E-state index contributed by atoms with van der Waals surface area (Å²) in [5.41, 5.74) is 0. The van der Waals surface area contributed by atoms with Crippen LogP contribution in [0.5, 0.6) is 0 Å². The third-order valence-corrected chi connectivity index (χ3v) is 3.89. The van der Waals surface area contributed by atoms with Crippen molar-refractivity contribution in [3.63, 3.8) is 0 Å². The lowest BCUT2D eigenvalue weighted by molar-refractivity contribution is 0.0318. The van der Waals surface area contributed by atoms with Crippen LogP contribution in [-0.4, -0.2) is 49.8 Å². The molecule has 2 aliphatic rings. The second-order valence-electron chi connectivity index (χ2n) is 5.02. The quantitative estimate of drug-likeness (QED) is 0.745. The monoisotopic (exact) mass is 212 g/mol. The molecule has 2 rings (SSSR count). The molecule has 3 heteroatoms. The van der Waals surface area contributed by atoms with Gasteiger partial charge in [0, 0.05) is 38.8 Å². The van der Waals surface area contributed by atoms with Gasteiger partial charge in [0.25, 0.3) is 0 Å². The Morgan fingerprint density at radius 1 is 1.20 bits per heavy atom. The molecule has 1 unspecified atom stereocenters. The molecule has 1 heterocycles. The van der Waals surface area contributed by atoms with Crippen LogP contribution in [0.25, 0.3) is 0 Å². The molecule has 1 aliphatic carbocycles. The standard InChI is InChI=1S/C12H24N2O/c1-10-9-14(8-7-13-10)11-3-5-12(15-2)6-4-11/h10-13H,3-9H2,1-2H3. The first-order chi connectivity index (χ1) is 7.29. The number of hydrogen-bond donors (Lipinski definition) is 1. The van der Waals surface area contributed by atoms with E-state index in [9.17, 15) is 0 Å². The Kier molecular flexibility index (Phi) is 4.00. The zero-order valence-corrected chi connectivity index (χ0v) is 10.0. The van der Waals surface area contributed by atoms with Gasteiger partial charge in [0.15, 0.2) is 0 Å². The molecule has 88 valence electrons. The van der Waals surface area contributed by atoms with E-state index in [1.807, 2.05) is 7.11 Å². The Hall–Kier alpha value is -0.120. The van der Waals surface area contributed by atoms with E-state index in [1.54, 1.807) is 0 Å². The summed E-state index contributed by atoms with van der Waals surface area (Å²) in [6.07, 6.45) is 5.68. The molecule has 1 N–H and O–H groups in total. The summed E-state index contributed by atoms with van der Waals surface area (Å²) in [5, 5.41) is 3.50. The van der Waals surface area contributed by atoms with Crippen molar-refractivity contribution in [2.24, 2.45) is 0 Å². The first kappa shape index (κ1) is 11.4. The average molecular weight is 212 g/mol. The van der Waals surface area contributed by atoms with Gasteiger partial charge in [-0.3, -0.25) is 4.90 Å². The fourth-order valence-electron chi connectivity index (χ4n) is 2.94. The highest BCUT2D eigenvalue weighted by molar-refractivity contribution is 4.84. The number of nitrogens with one attached hydrogen (secondary N) is 1. The van der Waals surface area contributed by atoms with Gasteiger partial charge in [0.05, 0.1) is 6.10 Å². The Morgan fingerprint density at radius 3 is 2.53 bits per heavy atom. The number of ether oxygens (including phenoxy) is 1. The topological polar surface area (TPSA) is 24.5 Å². The van der Waals surface area contributed by atoms with Gasteiger partial charge < -0.3 is 10.1 Å². The smallest absolute Gasteiger partial charge is 0.0572 e. The minimum Gasteiger partial charge on any atom is -0.381 e. The second-order valence-corrected chi connectivity index (χ2v) is 5.02. The third-order valence-electron chi connectivity index (χ3n) is 3.89. The second kappa shape index (κ2) is 5.28. The molecule has 0 spiro atoms. The lowest BCUT2D eigenvalue weighted by Crippen LogP contribution is -2.53. The van der Waals surface area contributed by atoms with E-state index >= 15 is 0 Å². The minimum absolute atomic E-state index is 0.529. The van der Waals surface area contributed by atoms with Gasteiger partial charge in [-0.05, 0) is 32.6 Å². The van der Waals surface area contributed by atoms with Crippen molar-refractivity contribution in [2.45, 2.75) is 50.8 Å². The maximum absolute atomic E-state index is 5.42.